The summed E-state index contributed by atoms with van der Waals surface area (Å²) in [7, 11) is 0. The SMILES string of the molecule is C=C/C(=C\C=C/C)c1nc(-c2ccccc2)nc(-c2cccc3sc4c(-c5ccccn5)cccc4c23)n1. The van der Waals surface area contributed by atoms with Gasteiger partial charge in [-0.1, -0.05) is 97.6 Å². The number of hydrogen-bond acceptors (Lipinski definition) is 5. The molecular formula is C33H24N4S. The molecule has 3 heterocycles. The number of nitrogens with zero attached hydrogens (tertiary/aromatic N) is 4. The quantitative estimate of drug-likeness (QED) is 0.211. The van der Waals surface area contributed by atoms with Crippen molar-refractivity contribution in [2.75, 3.05) is 0 Å². The monoisotopic (exact) mass is 508 g/mol. The molecule has 0 N–H and O–H groups in total. The molecule has 0 spiro atoms. The maximum atomic E-state index is 4.98. The van der Waals surface area contributed by atoms with Gasteiger partial charge in [-0.2, -0.15) is 0 Å². The van der Waals surface area contributed by atoms with Gasteiger partial charge in [0.05, 0.1) is 5.69 Å². The summed E-state index contributed by atoms with van der Waals surface area (Å²) < 4.78 is 2.38. The maximum absolute atomic E-state index is 4.98. The Kier molecular flexibility index (Phi) is 6.42. The molecule has 0 saturated heterocycles. The van der Waals surface area contributed by atoms with E-state index in [2.05, 4.69) is 54.0 Å². The van der Waals surface area contributed by atoms with E-state index >= 15 is 0 Å². The summed E-state index contributed by atoms with van der Waals surface area (Å²) in [5, 5.41) is 2.31. The van der Waals surface area contributed by atoms with Gasteiger partial charge in [-0.25, -0.2) is 15.0 Å². The predicted molar refractivity (Wildman–Crippen MR) is 160 cm³/mol. The average Bonchev–Trinajstić information content (AvgIpc) is 3.37. The van der Waals surface area contributed by atoms with Gasteiger partial charge in [0.1, 0.15) is 0 Å². The van der Waals surface area contributed by atoms with Crippen LogP contribution in [0.25, 0.3) is 59.8 Å². The molecule has 0 unspecified atom stereocenters. The molecule has 0 aliphatic carbocycles. The van der Waals surface area contributed by atoms with E-state index in [1.54, 1.807) is 17.4 Å². The zero-order valence-corrected chi connectivity index (χ0v) is 21.7. The molecule has 4 nitrogen and oxygen atoms in total. The smallest absolute Gasteiger partial charge is 0.164 e. The highest BCUT2D eigenvalue weighted by molar-refractivity contribution is 7.26. The van der Waals surface area contributed by atoms with Crippen molar-refractivity contribution in [2.24, 2.45) is 0 Å². The van der Waals surface area contributed by atoms with Gasteiger partial charge < -0.3 is 0 Å². The summed E-state index contributed by atoms with van der Waals surface area (Å²) in [5.74, 6) is 1.85. The first-order valence-corrected chi connectivity index (χ1v) is 13.2. The van der Waals surface area contributed by atoms with Crippen LogP contribution in [0.2, 0.25) is 0 Å². The van der Waals surface area contributed by atoms with E-state index in [4.69, 9.17) is 15.0 Å². The molecule has 0 fully saturated rings. The van der Waals surface area contributed by atoms with Gasteiger partial charge in [0.15, 0.2) is 17.5 Å². The summed E-state index contributed by atoms with van der Waals surface area (Å²) >= 11 is 1.77. The number of aromatic nitrogens is 4. The Morgan fingerprint density at radius 3 is 2.37 bits per heavy atom. The van der Waals surface area contributed by atoms with Gasteiger partial charge in [0.25, 0.3) is 0 Å². The summed E-state index contributed by atoms with van der Waals surface area (Å²) in [6.07, 6.45) is 9.53. The van der Waals surface area contributed by atoms with Crippen molar-refractivity contribution in [3.05, 3.63) is 128 Å². The summed E-state index contributed by atoms with van der Waals surface area (Å²) in [5.41, 5.74) is 4.84. The Balaban J connectivity index is 1.63. The first-order chi connectivity index (χ1) is 18.8. The number of rotatable bonds is 6. The molecule has 0 aliphatic heterocycles. The van der Waals surface area contributed by atoms with Crippen molar-refractivity contribution in [3.63, 3.8) is 0 Å². The third-order valence-electron chi connectivity index (χ3n) is 6.32. The van der Waals surface area contributed by atoms with Crippen LogP contribution in [-0.4, -0.2) is 19.9 Å². The van der Waals surface area contributed by atoms with Crippen LogP contribution in [-0.2, 0) is 0 Å². The van der Waals surface area contributed by atoms with Gasteiger partial charge in [-0.3, -0.25) is 4.98 Å². The molecule has 3 aromatic carbocycles. The average molecular weight is 509 g/mol. The molecule has 0 radical (unpaired) electrons. The van der Waals surface area contributed by atoms with E-state index in [-0.39, 0.29) is 0 Å². The van der Waals surface area contributed by atoms with E-state index in [1.165, 1.54) is 14.8 Å². The second-order valence-corrected chi connectivity index (χ2v) is 9.75. The first kappa shape index (κ1) is 23.6. The fourth-order valence-corrected chi connectivity index (χ4v) is 5.78. The summed E-state index contributed by atoms with van der Waals surface area (Å²) in [4.78, 5) is 19.4. The van der Waals surface area contributed by atoms with Crippen LogP contribution in [0.1, 0.15) is 12.7 Å². The van der Waals surface area contributed by atoms with Crippen LogP contribution >= 0.6 is 11.3 Å². The number of pyridine rings is 1. The lowest BCUT2D eigenvalue weighted by Crippen LogP contribution is -2.02. The van der Waals surface area contributed by atoms with E-state index in [0.29, 0.717) is 17.5 Å². The standard InChI is InChI=1S/C33H24N4S/c1-3-5-13-22(4-2)31-35-32(23-14-7-6-8-15-23)37-33(36-31)26-18-12-20-28-29(26)25-17-11-16-24(30(25)38-28)27-19-9-10-21-34-27/h3-21H,2H2,1H3/b5-3-,22-13+. The highest BCUT2D eigenvalue weighted by atomic mass is 32.1. The second kappa shape index (κ2) is 10.3. The Labute approximate surface area is 225 Å². The Bertz CT molecular complexity index is 1830. The third-order valence-corrected chi connectivity index (χ3v) is 7.52. The molecule has 6 aromatic rings. The Morgan fingerprint density at radius 2 is 1.58 bits per heavy atom. The molecule has 182 valence electrons. The van der Waals surface area contributed by atoms with Crippen molar-refractivity contribution >= 4 is 37.1 Å². The summed E-state index contributed by atoms with van der Waals surface area (Å²) in [6.45, 7) is 5.99. The molecular weight excluding hydrogens is 484 g/mol. The van der Waals surface area contributed by atoms with Crippen LogP contribution < -0.4 is 0 Å². The zero-order chi connectivity index (χ0) is 25.9. The third kappa shape index (κ3) is 4.33. The Hall–Kier alpha value is -4.74. The van der Waals surface area contributed by atoms with Crippen LogP contribution in [0.4, 0.5) is 0 Å². The molecule has 3 aromatic heterocycles. The van der Waals surface area contributed by atoms with Gasteiger partial charge >= 0.3 is 0 Å². The molecule has 0 aliphatic rings. The van der Waals surface area contributed by atoms with Crippen molar-refractivity contribution in [1.29, 1.82) is 0 Å². The molecule has 38 heavy (non-hydrogen) atoms. The lowest BCUT2D eigenvalue weighted by Gasteiger charge is -2.10. The van der Waals surface area contributed by atoms with Crippen molar-refractivity contribution in [2.45, 2.75) is 6.92 Å². The number of thiophene rings is 1. The fourth-order valence-electron chi connectivity index (χ4n) is 4.53. The second-order valence-electron chi connectivity index (χ2n) is 8.70. The Morgan fingerprint density at radius 1 is 0.789 bits per heavy atom. The van der Waals surface area contributed by atoms with Crippen LogP contribution in [0.5, 0.6) is 0 Å². The van der Waals surface area contributed by atoms with E-state index in [1.807, 2.05) is 73.8 Å². The van der Waals surface area contributed by atoms with Gasteiger partial charge in [0.2, 0.25) is 0 Å². The van der Waals surface area contributed by atoms with Gasteiger partial charge in [0, 0.05) is 48.6 Å². The zero-order valence-electron chi connectivity index (χ0n) is 20.9. The minimum atomic E-state index is 0.590. The lowest BCUT2D eigenvalue weighted by molar-refractivity contribution is 1.04. The predicted octanol–water partition coefficient (Wildman–Crippen LogP) is 8.78. The highest BCUT2D eigenvalue weighted by Crippen LogP contribution is 2.43. The van der Waals surface area contributed by atoms with Crippen LogP contribution in [0, 0.1) is 0 Å². The van der Waals surface area contributed by atoms with E-state index in [9.17, 15) is 0 Å². The largest absolute Gasteiger partial charge is 0.256 e. The minimum Gasteiger partial charge on any atom is -0.256 e. The number of allylic oxidation sites excluding steroid dienone is 5. The number of benzene rings is 3. The minimum absolute atomic E-state index is 0.590. The lowest BCUT2D eigenvalue weighted by atomic mass is 10.0. The summed E-state index contributed by atoms with van der Waals surface area (Å²) in [6, 6.07) is 28.8. The van der Waals surface area contributed by atoms with Crippen molar-refractivity contribution in [1.82, 2.24) is 19.9 Å². The maximum Gasteiger partial charge on any atom is 0.164 e. The molecule has 6 rings (SSSR count). The first-order valence-electron chi connectivity index (χ1n) is 12.4. The number of fused-ring (bicyclic) bond motifs is 3. The van der Waals surface area contributed by atoms with Crippen molar-refractivity contribution in [3.8, 4) is 34.0 Å². The topological polar surface area (TPSA) is 51.6 Å². The highest BCUT2D eigenvalue weighted by Gasteiger charge is 2.18. The molecule has 5 heteroatoms. The van der Waals surface area contributed by atoms with Crippen LogP contribution in [0.3, 0.4) is 0 Å². The molecule has 0 amide bonds. The normalized spacial score (nSPS) is 12.0. The van der Waals surface area contributed by atoms with Crippen molar-refractivity contribution < 1.29 is 0 Å². The van der Waals surface area contributed by atoms with E-state index in [0.717, 1.165) is 33.3 Å². The van der Waals surface area contributed by atoms with Gasteiger partial charge in [-0.05, 0) is 25.1 Å². The van der Waals surface area contributed by atoms with Gasteiger partial charge in [-0.15, -0.1) is 11.3 Å². The molecule has 0 atom stereocenters. The molecule has 0 saturated carbocycles. The van der Waals surface area contributed by atoms with E-state index < -0.39 is 0 Å². The number of hydrogen-bond donors (Lipinski definition) is 0. The van der Waals surface area contributed by atoms with Crippen LogP contribution in [0.15, 0.2) is 122 Å². The molecule has 0 bridgehead atoms. The fraction of sp³-hybridized carbons (Fsp3) is 0.0303.